The molecular formula is C16H27NO. The third-order valence-corrected chi connectivity index (χ3v) is 3.73. The Morgan fingerprint density at radius 1 is 1.00 bits per heavy atom. The zero-order valence-corrected chi connectivity index (χ0v) is 12.0. The van der Waals surface area contributed by atoms with Gasteiger partial charge in [-0.15, -0.1) is 0 Å². The first-order valence-corrected chi connectivity index (χ1v) is 7.14. The van der Waals surface area contributed by atoms with Gasteiger partial charge in [-0.3, -0.25) is 4.90 Å². The van der Waals surface area contributed by atoms with Gasteiger partial charge in [-0.1, -0.05) is 57.9 Å². The van der Waals surface area contributed by atoms with Gasteiger partial charge < -0.3 is 5.11 Å². The number of aliphatic hydroxyl groups is 1. The highest BCUT2D eigenvalue weighted by atomic mass is 16.3. The van der Waals surface area contributed by atoms with Crippen LogP contribution in [-0.2, 0) is 13.2 Å². The Balaban J connectivity index is 2.55. The first kappa shape index (κ1) is 15.2. The number of benzene rings is 1. The van der Waals surface area contributed by atoms with Crippen LogP contribution in [0.1, 0.15) is 44.7 Å². The molecule has 0 radical (unpaired) electrons. The molecule has 0 heterocycles. The molecule has 0 aliphatic rings. The van der Waals surface area contributed by atoms with E-state index in [1.807, 2.05) is 12.1 Å². The maximum Gasteiger partial charge on any atom is 0.0681 e. The minimum absolute atomic E-state index is 0.130. The van der Waals surface area contributed by atoms with Crippen molar-refractivity contribution in [3.05, 3.63) is 35.4 Å². The van der Waals surface area contributed by atoms with Crippen LogP contribution in [-0.4, -0.2) is 23.1 Å². The van der Waals surface area contributed by atoms with Crippen LogP contribution >= 0.6 is 0 Å². The van der Waals surface area contributed by atoms with Gasteiger partial charge in [-0.25, -0.2) is 0 Å². The Morgan fingerprint density at radius 3 is 2.00 bits per heavy atom. The molecule has 0 fully saturated rings. The van der Waals surface area contributed by atoms with Gasteiger partial charge in [-0.2, -0.15) is 0 Å². The highest BCUT2D eigenvalue weighted by Gasteiger charge is 2.10. The van der Waals surface area contributed by atoms with Crippen LogP contribution in [0.25, 0.3) is 0 Å². The largest absolute Gasteiger partial charge is 0.392 e. The zero-order valence-electron chi connectivity index (χ0n) is 12.0. The van der Waals surface area contributed by atoms with Gasteiger partial charge in [0.15, 0.2) is 0 Å². The molecule has 0 aliphatic heterocycles. The van der Waals surface area contributed by atoms with Crippen LogP contribution in [0.2, 0.25) is 0 Å². The molecule has 1 aromatic rings. The molecule has 0 atom stereocenters. The smallest absolute Gasteiger partial charge is 0.0681 e. The third kappa shape index (κ3) is 4.79. The van der Waals surface area contributed by atoms with Crippen LogP contribution in [0.3, 0.4) is 0 Å². The van der Waals surface area contributed by atoms with E-state index in [1.54, 1.807) is 0 Å². The predicted molar refractivity (Wildman–Crippen MR) is 77.4 cm³/mol. The fourth-order valence-electron chi connectivity index (χ4n) is 2.23. The van der Waals surface area contributed by atoms with Gasteiger partial charge in [0.2, 0.25) is 0 Å². The molecule has 1 N–H and O–H groups in total. The van der Waals surface area contributed by atoms with E-state index in [4.69, 9.17) is 5.11 Å². The summed E-state index contributed by atoms with van der Waals surface area (Å²) < 4.78 is 0. The van der Waals surface area contributed by atoms with Crippen molar-refractivity contribution in [1.29, 1.82) is 0 Å². The molecule has 18 heavy (non-hydrogen) atoms. The lowest BCUT2D eigenvalue weighted by Crippen LogP contribution is -2.28. The van der Waals surface area contributed by atoms with Crippen molar-refractivity contribution in [1.82, 2.24) is 4.90 Å². The summed E-state index contributed by atoms with van der Waals surface area (Å²) >= 11 is 0. The summed E-state index contributed by atoms with van der Waals surface area (Å²) in [6, 6.07) is 8.28. The average Bonchev–Trinajstić information content (AvgIpc) is 2.44. The van der Waals surface area contributed by atoms with Crippen molar-refractivity contribution < 1.29 is 5.11 Å². The molecule has 0 saturated carbocycles. The van der Waals surface area contributed by atoms with Crippen LogP contribution in [0.4, 0.5) is 0 Å². The first-order chi connectivity index (χ1) is 8.73. The molecule has 0 spiro atoms. The molecule has 0 aliphatic carbocycles. The minimum Gasteiger partial charge on any atom is -0.392 e. The van der Waals surface area contributed by atoms with Gasteiger partial charge in [0.25, 0.3) is 0 Å². The van der Waals surface area contributed by atoms with E-state index in [9.17, 15) is 0 Å². The van der Waals surface area contributed by atoms with E-state index in [2.05, 4.69) is 37.8 Å². The Bertz CT molecular complexity index is 316. The van der Waals surface area contributed by atoms with Crippen molar-refractivity contribution in [3.8, 4) is 0 Å². The molecule has 2 heteroatoms. The van der Waals surface area contributed by atoms with Crippen LogP contribution in [0.5, 0.6) is 0 Å². The summed E-state index contributed by atoms with van der Waals surface area (Å²) in [6.45, 7) is 10.2. The average molecular weight is 249 g/mol. The molecular weight excluding hydrogens is 222 g/mol. The highest BCUT2D eigenvalue weighted by Crippen LogP contribution is 2.13. The number of rotatable bonds is 8. The summed E-state index contributed by atoms with van der Waals surface area (Å²) in [4.78, 5) is 2.51. The number of aliphatic hydroxyl groups excluding tert-OH is 1. The SMILES string of the molecule is CCC(CC)CN(CC)Cc1ccc(CO)cc1. The lowest BCUT2D eigenvalue weighted by molar-refractivity contribution is 0.226. The minimum atomic E-state index is 0.130. The quantitative estimate of drug-likeness (QED) is 0.763. The van der Waals surface area contributed by atoms with Crippen molar-refractivity contribution in [2.45, 2.75) is 46.8 Å². The van der Waals surface area contributed by atoms with E-state index >= 15 is 0 Å². The molecule has 0 saturated heterocycles. The fourth-order valence-corrected chi connectivity index (χ4v) is 2.23. The molecule has 0 aromatic heterocycles. The Labute approximate surface area is 112 Å². The topological polar surface area (TPSA) is 23.5 Å². The van der Waals surface area contributed by atoms with Gasteiger partial charge in [0.05, 0.1) is 6.61 Å². The molecule has 0 bridgehead atoms. The number of hydrogen-bond donors (Lipinski definition) is 1. The van der Waals surface area contributed by atoms with Crippen molar-refractivity contribution >= 4 is 0 Å². The lowest BCUT2D eigenvalue weighted by atomic mass is 10.0. The van der Waals surface area contributed by atoms with Crippen molar-refractivity contribution in [3.63, 3.8) is 0 Å². The van der Waals surface area contributed by atoms with Gasteiger partial charge in [0, 0.05) is 13.1 Å². The Kier molecular flexibility index (Phi) is 6.99. The Morgan fingerprint density at radius 2 is 1.56 bits per heavy atom. The summed E-state index contributed by atoms with van der Waals surface area (Å²) in [7, 11) is 0. The monoisotopic (exact) mass is 249 g/mol. The van der Waals surface area contributed by atoms with E-state index in [0.717, 1.165) is 24.6 Å². The standard InChI is InChI=1S/C16H27NO/c1-4-14(5-2)11-17(6-3)12-15-7-9-16(13-18)10-8-15/h7-10,14,18H,4-6,11-13H2,1-3H3. The normalized spacial score (nSPS) is 11.4. The summed E-state index contributed by atoms with van der Waals surface area (Å²) in [5, 5.41) is 9.03. The van der Waals surface area contributed by atoms with Crippen LogP contribution in [0, 0.1) is 5.92 Å². The molecule has 0 amide bonds. The maximum atomic E-state index is 9.03. The Hall–Kier alpha value is -0.860. The summed E-state index contributed by atoms with van der Waals surface area (Å²) in [5.74, 6) is 0.807. The zero-order chi connectivity index (χ0) is 13.4. The van der Waals surface area contributed by atoms with Crippen molar-refractivity contribution in [2.24, 2.45) is 5.92 Å². The second-order valence-electron chi connectivity index (χ2n) is 4.98. The van der Waals surface area contributed by atoms with Crippen LogP contribution < -0.4 is 0 Å². The molecule has 0 unspecified atom stereocenters. The molecule has 1 rings (SSSR count). The number of hydrogen-bond acceptors (Lipinski definition) is 2. The van der Waals surface area contributed by atoms with E-state index in [-0.39, 0.29) is 6.61 Å². The van der Waals surface area contributed by atoms with Gasteiger partial charge in [0.1, 0.15) is 0 Å². The van der Waals surface area contributed by atoms with E-state index in [0.29, 0.717) is 0 Å². The molecule has 2 nitrogen and oxygen atoms in total. The fraction of sp³-hybridized carbons (Fsp3) is 0.625. The second-order valence-corrected chi connectivity index (χ2v) is 4.98. The maximum absolute atomic E-state index is 9.03. The van der Waals surface area contributed by atoms with E-state index in [1.165, 1.54) is 24.9 Å². The predicted octanol–water partition coefficient (Wildman–Crippen LogP) is 3.44. The summed E-state index contributed by atoms with van der Waals surface area (Å²) in [5.41, 5.74) is 2.32. The third-order valence-electron chi connectivity index (χ3n) is 3.73. The second kappa shape index (κ2) is 8.28. The van der Waals surface area contributed by atoms with Crippen molar-refractivity contribution in [2.75, 3.05) is 13.1 Å². The molecule has 102 valence electrons. The van der Waals surface area contributed by atoms with E-state index < -0.39 is 0 Å². The highest BCUT2D eigenvalue weighted by molar-refractivity contribution is 5.21. The molecule has 1 aromatic carbocycles. The van der Waals surface area contributed by atoms with Crippen LogP contribution in [0.15, 0.2) is 24.3 Å². The lowest BCUT2D eigenvalue weighted by Gasteiger charge is -2.25. The van der Waals surface area contributed by atoms with Gasteiger partial charge in [-0.05, 0) is 23.6 Å². The first-order valence-electron chi connectivity index (χ1n) is 7.14. The number of nitrogens with zero attached hydrogens (tertiary/aromatic N) is 1. The summed E-state index contributed by atoms with van der Waals surface area (Å²) in [6.07, 6.45) is 2.52. The van der Waals surface area contributed by atoms with Gasteiger partial charge >= 0.3 is 0 Å².